The topological polar surface area (TPSA) is 52.6 Å². The van der Waals surface area contributed by atoms with Gasteiger partial charge in [0.25, 0.3) is 0 Å². The van der Waals surface area contributed by atoms with Gasteiger partial charge in [0.1, 0.15) is 5.75 Å². The molecule has 0 fully saturated rings. The van der Waals surface area contributed by atoms with Gasteiger partial charge in [-0.3, -0.25) is 0 Å². The minimum Gasteiger partial charge on any atom is -0.463 e. The minimum atomic E-state index is -4.47. The molecule has 0 N–H and O–H groups in total. The maximum atomic E-state index is 12.6. The molecule has 2 aromatic rings. The van der Waals surface area contributed by atoms with Crippen LogP contribution in [-0.4, -0.2) is 18.5 Å². The second-order valence-electron chi connectivity index (χ2n) is 7.30. The molecule has 0 aliphatic rings. The first-order chi connectivity index (χ1) is 15.3. The SMILES string of the molecule is CCCCCCCCOC(=O)C=Cc1ccc(OC(=O)c2ccc(C(F)(F)F)cc2)cc1. The quantitative estimate of drug-likeness (QED) is 0.163. The van der Waals surface area contributed by atoms with Crippen LogP contribution in [0.4, 0.5) is 13.2 Å². The Morgan fingerprint density at radius 2 is 1.50 bits per heavy atom. The van der Waals surface area contributed by atoms with E-state index in [1.165, 1.54) is 37.5 Å². The highest BCUT2D eigenvalue weighted by molar-refractivity contribution is 5.91. The zero-order valence-corrected chi connectivity index (χ0v) is 18.0. The van der Waals surface area contributed by atoms with Crippen molar-refractivity contribution in [2.45, 2.75) is 51.6 Å². The van der Waals surface area contributed by atoms with E-state index in [0.717, 1.165) is 43.5 Å². The molecule has 0 atom stereocenters. The number of rotatable bonds is 11. The van der Waals surface area contributed by atoms with Crippen LogP contribution < -0.4 is 4.74 Å². The summed E-state index contributed by atoms with van der Waals surface area (Å²) in [6.07, 6.45) is 5.14. The number of carbonyl (C=O) groups is 2. The van der Waals surface area contributed by atoms with Crippen molar-refractivity contribution in [1.82, 2.24) is 0 Å². The van der Waals surface area contributed by atoms with E-state index in [2.05, 4.69) is 6.92 Å². The van der Waals surface area contributed by atoms with Crippen molar-refractivity contribution in [3.05, 3.63) is 71.3 Å². The van der Waals surface area contributed by atoms with Crippen molar-refractivity contribution in [2.24, 2.45) is 0 Å². The summed E-state index contributed by atoms with van der Waals surface area (Å²) in [5, 5.41) is 0. The highest BCUT2D eigenvalue weighted by Crippen LogP contribution is 2.29. The van der Waals surface area contributed by atoms with E-state index in [-0.39, 0.29) is 11.3 Å². The molecule has 0 aliphatic heterocycles. The molecule has 32 heavy (non-hydrogen) atoms. The molecule has 0 aliphatic carbocycles. The molecule has 0 bridgehead atoms. The van der Waals surface area contributed by atoms with Gasteiger partial charge >= 0.3 is 18.1 Å². The van der Waals surface area contributed by atoms with E-state index < -0.39 is 23.7 Å². The Morgan fingerprint density at radius 3 is 2.12 bits per heavy atom. The van der Waals surface area contributed by atoms with Crippen LogP contribution >= 0.6 is 0 Å². The second kappa shape index (κ2) is 12.7. The molecular formula is C25H27F3O4. The van der Waals surface area contributed by atoms with Gasteiger partial charge in [-0.1, -0.05) is 51.2 Å². The molecule has 0 aromatic heterocycles. The molecule has 0 radical (unpaired) electrons. The van der Waals surface area contributed by atoms with E-state index in [1.54, 1.807) is 18.2 Å². The van der Waals surface area contributed by atoms with E-state index in [0.29, 0.717) is 12.2 Å². The molecule has 0 spiro atoms. The predicted octanol–water partition coefficient (Wildman–Crippen LogP) is 6.84. The summed E-state index contributed by atoms with van der Waals surface area (Å²) in [7, 11) is 0. The van der Waals surface area contributed by atoms with E-state index in [9.17, 15) is 22.8 Å². The second-order valence-corrected chi connectivity index (χ2v) is 7.30. The van der Waals surface area contributed by atoms with Gasteiger partial charge in [0.2, 0.25) is 0 Å². The van der Waals surface area contributed by atoms with E-state index in [1.807, 2.05) is 0 Å². The third-order valence-electron chi connectivity index (χ3n) is 4.69. The average Bonchev–Trinajstić information content (AvgIpc) is 2.77. The number of esters is 2. The van der Waals surface area contributed by atoms with Gasteiger partial charge in [-0.25, -0.2) is 9.59 Å². The van der Waals surface area contributed by atoms with Crippen molar-refractivity contribution in [1.29, 1.82) is 0 Å². The average molecular weight is 448 g/mol. The van der Waals surface area contributed by atoms with Crippen LogP contribution in [0.2, 0.25) is 0 Å². The first kappa shape index (κ1) is 25.2. The molecule has 4 nitrogen and oxygen atoms in total. The Labute approximate surface area is 186 Å². The van der Waals surface area contributed by atoms with Gasteiger partial charge in [-0.15, -0.1) is 0 Å². The van der Waals surface area contributed by atoms with Crippen molar-refractivity contribution in [3.8, 4) is 5.75 Å². The van der Waals surface area contributed by atoms with Crippen molar-refractivity contribution >= 4 is 18.0 Å². The standard InChI is InChI=1S/C25H27F3O4/c1-2-3-4-5-6-7-18-31-23(29)17-10-19-8-15-22(16-9-19)32-24(30)20-11-13-21(14-12-20)25(26,27)28/h8-17H,2-7,18H2,1H3. The number of unbranched alkanes of at least 4 members (excludes halogenated alkanes) is 5. The summed E-state index contributed by atoms with van der Waals surface area (Å²) in [6.45, 7) is 2.56. The highest BCUT2D eigenvalue weighted by Gasteiger charge is 2.30. The summed E-state index contributed by atoms with van der Waals surface area (Å²) in [6, 6.07) is 10.1. The number of carbonyl (C=O) groups excluding carboxylic acids is 2. The third-order valence-corrected chi connectivity index (χ3v) is 4.69. The van der Waals surface area contributed by atoms with Gasteiger partial charge in [0.05, 0.1) is 17.7 Å². The zero-order chi connectivity index (χ0) is 23.4. The van der Waals surface area contributed by atoms with Crippen LogP contribution in [0.15, 0.2) is 54.6 Å². The van der Waals surface area contributed by atoms with Crippen LogP contribution in [-0.2, 0) is 15.7 Å². The lowest BCUT2D eigenvalue weighted by atomic mass is 10.1. The zero-order valence-electron chi connectivity index (χ0n) is 18.0. The number of hydrogen-bond donors (Lipinski definition) is 0. The molecular weight excluding hydrogens is 421 g/mol. The van der Waals surface area contributed by atoms with Crippen LogP contribution in [0, 0.1) is 0 Å². The molecule has 0 saturated carbocycles. The van der Waals surface area contributed by atoms with E-state index in [4.69, 9.17) is 9.47 Å². The Hall–Kier alpha value is -3.09. The molecule has 0 unspecified atom stereocenters. The molecule has 2 aromatic carbocycles. The number of alkyl halides is 3. The van der Waals surface area contributed by atoms with Gasteiger partial charge in [0, 0.05) is 6.08 Å². The largest absolute Gasteiger partial charge is 0.463 e. The Kier molecular flexibility index (Phi) is 9.98. The molecule has 172 valence electrons. The Balaban J connectivity index is 1.77. The summed E-state index contributed by atoms with van der Waals surface area (Å²) in [5.41, 5.74) is -0.124. The maximum absolute atomic E-state index is 12.6. The molecule has 0 amide bonds. The number of benzene rings is 2. The van der Waals surface area contributed by atoms with Crippen LogP contribution in [0.25, 0.3) is 6.08 Å². The van der Waals surface area contributed by atoms with Crippen molar-refractivity contribution in [2.75, 3.05) is 6.61 Å². The minimum absolute atomic E-state index is 0.00933. The van der Waals surface area contributed by atoms with Gasteiger partial charge < -0.3 is 9.47 Å². The van der Waals surface area contributed by atoms with E-state index >= 15 is 0 Å². The first-order valence-corrected chi connectivity index (χ1v) is 10.6. The van der Waals surface area contributed by atoms with Crippen molar-refractivity contribution in [3.63, 3.8) is 0 Å². The van der Waals surface area contributed by atoms with Crippen LogP contribution in [0.3, 0.4) is 0 Å². The summed E-state index contributed by atoms with van der Waals surface area (Å²) < 4.78 is 48.1. The lowest BCUT2D eigenvalue weighted by molar-refractivity contribution is -0.138. The van der Waals surface area contributed by atoms with Crippen molar-refractivity contribution < 1.29 is 32.2 Å². The van der Waals surface area contributed by atoms with Gasteiger partial charge in [-0.2, -0.15) is 13.2 Å². The lowest BCUT2D eigenvalue weighted by Gasteiger charge is -2.08. The third kappa shape index (κ3) is 8.96. The fourth-order valence-corrected chi connectivity index (χ4v) is 2.88. The predicted molar refractivity (Wildman–Crippen MR) is 116 cm³/mol. The lowest BCUT2D eigenvalue weighted by Crippen LogP contribution is -2.10. The molecule has 0 saturated heterocycles. The summed E-state index contributed by atoms with van der Waals surface area (Å²) in [4.78, 5) is 23.9. The Morgan fingerprint density at radius 1 is 0.875 bits per heavy atom. The fourth-order valence-electron chi connectivity index (χ4n) is 2.88. The first-order valence-electron chi connectivity index (χ1n) is 10.6. The maximum Gasteiger partial charge on any atom is 0.416 e. The number of ether oxygens (including phenoxy) is 2. The summed E-state index contributed by atoms with van der Waals surface area (Å²) >= 11 is 0. The van der Waals surface area contributed by atoms with Crippen LogP contribution in [0.1, 0.15) is 66.9 Å². The normalized spacial score (nSPS) is 11.5. The molecule has 2 rings (SSSR count). The molecule has 0 heterocycles. The summed E-state index contributed by atoms with van der Waals surface area (Å²) in [5.74, 6) is -0.950. The molecule has 7 heteroatoms. The highest BCUT2D eigenvalue weighted by atomic mass is 19.4. The monoisotopic (exact) mass is 448 g/mol. The van der Waals surface area contributed by atoms with Crippen LogP contribution in [0.5, 0.6) is 5.75 Å². The number of hydrogen-bond acceptors (Lipinski definition) is 4. The smallest absolute Gasteiger partial charge is 0.416 e. The van der Waals surface area contributed by atoms with Gasteiger partial charge in [-0.05, 0) is 54.5 Å². The Bertz CT molecular complexity index is 885. The number of halogens is 3. The van der Waals surface area contributed by atoms with Gasteiger partial charge in [0.15, 0.2) is 0 Å². The fraction of sp³-hybridized carbons (Fsp3) is 0.360.